The molecule has 2 heterocycles. The van der Waals surface area contributed by atoms with E-state index in [0.29, 0.717) is 0 Å². The van der Waals surface area contributed by atoms with Crippen molar-refractivity contribution in [1.29, 1.82) is 0 Å². The smallest absolute Gasteiger partial charge is 0.220 e. The number of hydrogen-bond donors (Lipinski definition) is 2. The summed E-state index contributed by atoms with van der Waals surface area (Å²) in [4.78, 5) is 13.4. The van der Waals surface area contributed by atoms with E-state index in [4.69, 9.17) is 5.73 Å². The molecule has 1 aliphatic carbocycles. The number of hydrogen-bond acceptors (Lipinski definition) is 3. The molecule has 3 rings (SSSR count). The van der Waals surface area contributed by atoms with Crippen LogP contribution in [0.15, 0.2) is 47.7 Å². The number of nitrogens with two attached hydrogens (primary N) is 1. The van der Waals surface area contributed by atoms with Gasteiger partial charge in [-0.2, -0.15) is 0 Å². The maximum Gasteiger partial charge on any atom is 0.220 e. The number of amides is 1. The quantitative estimate of drug-likeness (QED) is 0.713. The van der Waals surface area contributed by atoms with Gasteiger partial charge in [-0.15, -0.1) is 0 Å². The highest BCUT2D eigenvalue weighted by Crippen LogP contribution is 2.35. The monoisotopic (exact) mass is 229 g/mol. The molecule has 1 amide bonds. The average Bonchev–Trinajstić information content (AvgIpc) is 2.38. The minimum atomic E-state index is -0.192. The van der Waals surface area contributed by atoms with E-state index in [0.717, 1.165) is 30.7 Å². The van der Waals surface area contributed by atoms with Gasteiger partial charge in [-0.1, -0.05) is 6.08 Å². The Morgan fingerprint density at radius 1 is 1.47 bits per heavy atom. The summed E-state index contributed by atoms with van der Waals surface area (Å²) in [6.45, 7) is 0. The molecule has 3 N–H and O–H groups in total. The van der Waals surface area contributed by atoms with Gasteiger partial charge < -0.3 is 16.0 Å². The maximum absolute atomic E-state index is 11.2. The summed E-state index contributed by atoms with van der Waals surface area (Å²) in [5.74, 6) is -0.220. The second-order valence-corrected chi connectivity index (χ2v) is 4.55. The third-order valence-corrected chi connectivity index (χ3v) is 3.51. The number of carbonyl (C=O) groups is 1. The lowest BCUT2D eigenvalue weighted by atomic mass is 9.88. The molecule has 88 valence electrons. The van der Waals surface area contributed by atoms with Gasteiger partial charge in [0.05, 0.1) is 5.70 Å². The Balaban J connectivity index is 1.88. The van der Waals surface area contributed by atoms with E-state index in [1.165, 1.54) is 5.70 Å². The predicted octanol–water partition coefficient (Wildman–Crippen LogP) is 1.31. The number of nitrogens with zero attached hydrogens (tertiary/aromatic N) is 1. The normalized spacial score (nSPS) is 26.0. The van der Waals surface area contributed by atoms with Crippen LogP contribution in [0.4, 0.5) is 0 Å². The van der Waals surface area contributed by atoms with Crippen molar-refractivity contribution in [1.82, 2.24) is 10.2 Å². The second kappa shape index (κ2) is 3.80. The molecule has 4 heteroatoms. The fourth-order valence-corrected chi connectivity index (χ4v) is 2.56. The summed E-state index contributed by atoms with van der Waals surface area (Å²) in [6, 6.07) is 0. The van der Waals surface area contributed by atoms with Gasteiger partial charge in [-0.25, -0.2) is 0 Å². The van der Waals surface area contributed by atoms with Crippen molar-refractivity contribution in [3.8, 4) is 0 Å². The lowest BCUT2D eigenvalue weighted by Crippen LogP contribution is -2.35. The Morgan fingerprint density at radius 2 is 2.35 bits per heavy atom. The van der Waals surface area contributed by atoms with Crippen LogP contribution in [0, 0.1) is 5.92 Å². The van der Waals surface area contributed by atoms with Crippen LogP contribution in [-0.4, -0.2) is 10.8 Å². The van der Waals surface area contributed by atoms with Crippen molar-refractivity contribution in [2.45, 2.75) is 19.3 Å². The van der Waals surface area contributed by atoms with Crippen LogP contribution in [0.1, 0.15) is 19.3 Å². The van der Waals surface area contributed by atoms with Crippen LogP contribution >= 0.6 is 0 Å². The summed E-state index contributed by atoms with van der Waals surface area (Å²) in [5, 5.41) is 3.29. The summed E-state index contributed by atoms with van der Waals surface area (Å²) in [7, 11) is 0. The van der Waals surface area contributed by atoms with Gasteiger partial charge in [0.25, 0.3) is 0 Å². The lowest BCUT2D eigenvalue weighted by molar-refractivity contribution is -0.122. The summed E-state index contributed by atoms with van der Waals surface area (Å²) in [6.07, 6.45) is 12.6. The van der Waals surface area contributed by atoms with E-state index < -0.39 is 0 Å². The van der Waals surface area contributed by atoms with E-state index in [1.807, 2.05) is 18.4 Å². The molecule has 0 spiro atoms. The summed E-state index contributed by atoms with van der Waals surface area (Å²) in [5.41, 5.74) is 8.91. The molecule has 3 aliphatic rings. The molecule has 0 aromatic heterocycles. The largest absolute Gasteiger partial charge is 0.369 e. The van der Waals surface area contributed by atoms with E-state index in [9.17, 15) is 4.79 Å². The fraction of sp³-hybridized carbons (Fsp3) is 0.308. The highest BCUT2D eigenvalue weighted by molar-refractivity contribution is 5.77. The Labute approximate surface area is 100 Å². The van der Waals surface area contributed by atoms with Gasteiger partial charge in [0.15, 0.2) is 0 Å². The molecule has 1 atom stereocenters. The first-order chi connectivity index (χ1) is 8.25. The maximum atomic E-state index is 11.2. The lowest BCUT2D eigenvalue weighted by Gasteiger charge is -2.36. The van der Waals surface area contributed by atoms with Gasteiger partial charge in [0, 0.05) is 36.1 Å². The number of carbonyl (C=O) groups excluding carboxylic acids is 1. The second-order valence-electron chi connectivity index (χ2n) is 4.55. The third kappa shape index (κ3) is 1.65. The number of nitrogens with one attached hydrogen (secondary N) is 1. The highest BCUT2D eigenvalue weighted by Gasteiger charge is 2.29. The fourth-order valence-electron chi connectivity index (χ4n) is 2.56. The SMILES string of the molecule is NC(=O)C1CCC2=C(C1)NC=C1C=CC=CN12. The first-order valence-corrected chi connectivity index (χ1v) is 5.88. The molecule has 0 aromatic rings. The molecular formula is C13H15N3O. The Morgan fingerprint density at radius 3 is 3.18 bits per heavy atom. The van der Waals surface area contributed by atoms with Crippen LogP contribution in [0.25, 0.3) is 0 Å². The van der Waals surface area contributed by atoms with Gasteiger partial charge in [-0.3, -0.25) is 4.79 Å². The van der Waals surface area contributed by atoms with Crippen molar-refractivity contribution in [3.05, 3.63) is 47.7 Å². The van der Waals surface area contributed by atoms with Crippen LogP contribution < -0.4 is 11.1 Å². The van der Waals surface area contributed by atoms with Crippen LogP contribution in [-0.2, 0) is 4.79 Å². The molecule has 0 aromatic carbocycles. The molecule has 1 unspecified atom stereocenters. The molecule has 0 fully saturated rings. The zero-order valence-corrected chi connectivity index (χ0v) is 9.52. The van der Waals surface area contributed by atoms with Gasteiger partial charge in [0.1, 0.15) is 0 Å². The number of fused-ring (bicyclic) bond motifs is 2. The van der Waals surface area contributed by atoms with Crippen LogP contribution in [0.5, 0.6) is 0 Å². The molecule has 2 aliphatic heterocycles. The van der Waals surface area contributed by atoms with Gasteiger partial charge >= 0.3 is 0 Å². The van der Waals surface area contributed by atoms with E-state index in [2.05, 4.69) is 22.5 Å². The zero-order chi connectivity index (χ0) is 11.8. The Bertz CT molecular complexity index is 485. The highest BCUT2D eigenvalue weighted by atomic mass is 16.1. The molecule has 0 bridgehead atoms. The van der Waals surface area contributed by atoms with Crippen molar-refractivity contribution < 1.29 is 4.79 Å². The standard InChI is InChI=1S/C13H15N3O/c14-13(17)9-4-5-12-11(7-9)15-8-10-3-1-2-6-16(10)12/h1-3,6,8-9,15H,4-5,7H2,(H2,14,17). The van der Waals surface area contributed by atoms with Gasteiger partial charge in [-0.05, 0) is 25.0 Å². The van der Waals surface area contributed by atoms with Crippen LogP contribution in [0.3, 0.4) is 0 Å². The third-order valence-electron chi connectivity index (χ3n) is 3.51. The minimum Gasteiger partial charge on any atom is -0.369 e. The predicted molar refractivity (Wildman–Crippen MR) is 64.9 cm³/mol. The van der Waals surface area contributed by atoms with Crippen molar-refractivity contribution in [3.63, 3.8) is 0 Å². The number of allylic oxidation sites excluding steroid dienone is 5. The number of rotatable bonds is 1. The molecule has 0 saturated carbocycles. The molecule has 17 heavy (non-hydrogen) atoms. The van der Waals surface area contributed by atoms with Crippen LogP contribution in [0.2, 0.25) is 0 Å². The first-order valence-electron chi connectivity index (χ1n) is 5.88. The molecular weight excluding hydrogens is 214 g/mol. The van der Waals surface area contributed by atoms with E-state index in [-0.39, 0.29) is 11.8 Å². The van der Waals surface area contributed by atoms with E-state index >= 15 is 0 Å². The average molecular weight is 229 g/mol. The van der Waals surface area contributed by atoms with Crippen molar-refractivity contribution in [2.24, 2.45) is 11.7 Å². The minimum absolute atomic E-state index is 0.0273. The summed E-state index contributed by atoms with van der Waals surface area (Å²) < 4.78 is 0. The Hall–Kier alpha value is -1.97. The first kappa shape index (κ1) is 10.2. The molecule has 4 nitrogen and oxygen atoms in total. The van der Waals surface area contributed by atoms with E-state index in [1.54, 1.807) is 0 Å². The van der Waals surface area contributed by atoms with Crippen molar-refractivity contribution >= 4 is 5.91 Å². The molecule has 0 saturated heterocycles. The topological polar surface area (TPSA) is 58.4 Å². The summed E-state index contributed by atoms with van der Waals surface area (Å²) >= 11 is 0. The Kier molecular flexibility index (Phi) is 2.28. The molecule has 0 radical (unpaired) electrons. The van der Waals surface area contributed by atoms with Crippen molar-refractivity contribution in [2.75, 3.05) is 0 Å². The van der Waals surface area contributed by atoms with Gasteiger partial charge in [0.2, 0.25) is 5.91 Å². The zero-order valence-electron chi connectivity index (χ0n) is 9.52. The number of primary amides is 1.